The number of anilines is 2. The van der Waals surface area contributed by atoms with Crippen LogP contribution in [-0.4, -0.2) is 27.9 Å². The Bertz CT molecular complexity index is 646. The van der Waals surface area contributed by atoms with Gasteiger partial charge in [0.2, 0.25) is 11.0 Å². The van der Waals surface area contributed by atoms with Crippen LogP contribution in [0.1, 0.15) is 0 Å². The number of amides is 3. The molecule has 2 aromatic rings. The highest BCUT2D eigenvalue weighted by molar-refractivity contribution is 8.01. The van der Waals surface area contributed by atoms with Crippen molar-refractivity contribution in [3.63, 3.8) is 0 Å². The number of hydrogen-bond donors (Lipinski definition) is 3. The molecule has 2 rings (SSSR count). The summed E-state index contributed by atoms with van der Waals surface area (Å²) in [7, 11) is 0. The quantitative estimate of drug-likeness (QED) is 0.574. The Hall–Kier alpha value is -2.20. The van der Waals surface area contributed by atoms with Gasteiger partial charge in [0, 0.05) is 5.69 Å². The Labute approximate surface area is 127 Å². The second kappa shape index (κ2) is 6.99. The molecule has 0 unspecified atom stereocenters. The minimum Gasteiger partial charge on any atom is -0.369 e. The number of carbonyl (C=O) groups is 2. The van der Waals surface area contributed by atoms with Gasteiger partial charge in [0.1, 0.15) is 5.82 Å². The maximum atomic E-state index is 12.7. The van der Waals surface area contributed by atoms with Gasteiger partial charge in [-0.25, -0.2) is 9.18 Å². The molecule has 7 nitrogen and oxygen atoms in total. The number of primary amides is 1. The van der Waals surface area contributed by atoms with E-state index in [2.05, 4.69) is 20.8 Å². The number of urea groups is 1. The molecule has 0 aliphatic carbocycles. The van der Waals surface area contributed by atoms with E-state index in [1.807, 2.05) is 0 Å². The van der Waals surface area contributed by atoms with Gasteiger partial charge in [-0.3, -0.25) is 10.1 Å². The normalized spacial score (nSPS) is 10.1. The Morgan fingerprint density at radius 3 is 2.62 bits per heavy atom. The summed E-state index contributed by atoms with van der Waals surface area (Å²) in [5.41, 5.74) is 5.46. The molecular formula is C11H10FN5O2S2. The molecule has 0 aliphatic heterocycles. The van der Waals surface area contributed by atoms with Crippen LogP contribution in [0, 0.1) is 5.82 Å². The smallest absolute Gasteiger partial charge is 0.325 e. The van der Waals surface area contributed by atoms with E-state index in [4.69, 9.17) is 5.73 Å². The molecule has 0 saturated carbocycles. The fourth-order valence-electron chi connectivity index (χ4n) is 1.24. The third kappa shape index (κ3) is 5.00. The van der Waals surface area contributed by atoms with Crippen LogP contribution in [0.5, 0.6) is 0 Å². The van der Waals surface area contributed by atoms with Crippen LogP contribution in [-0.2, 0) is 4.79 Å². The first kappa shape index (κ1) is 15.2. The number of benzene rings is 1. The highest BCUT2D eigenvalue weighted by Gasteiger charge is 2.09. The molecule has 10 heteroatoms. The molecule has 0 bridgehead atoms. The van der Waals surface area contributed by atoms with Crippen LogP contribution in [0.15, 0.2) is 28.6 Å². The van der Waals surface area contributed by atoms with E-state index in [1.54, 1.807) is 0 Å². The maximum absolute atomic E-state index is 12.7. The molecule has 0 aliphatic rings. The summed E-state index contributed by atoms with van der Waals surface area (Å²) in [5.74, 6) is -0.754. The molecule has 1 aromatic heterocycles. The number of nitrogens with one attached hydrogen (secondary N) is 2. The van der Waals surface area contributed by atoms with E-state index >= 15 is 0 Å². The van der Waals surface area contributed by atoms with E-state index < -0.39 is 11.9 Å². The predicted octanol–water partition coefficient (Wildman–Crippen LogP) is 1.90. The molecule has 21 heavy (non-hydrogen) atoms. The molecular weight excluding hydrogens is 317 g/mol. The van der Waals surface area contributed by atoms with Crippen LogP contribution < -0.4 is 16.4 Å². The largest absolute Gasteiger partial charge is 0.369 e. The lowest BCUT2D eigenvalue weighted by molar-refractivity contribution is -0.115. The summed E-state index contributed by atoms with van der Waals surface area (Å²) in [6.45, 7) is 0. The first-order valence-electron chi connectivity index (χ1n) is 5.61. The Morgan fingerprint density at radius 2 is 1.95 bits per heavy atom. The number of hydrogen-bond acceptors (Lipinski definition) is 6. The minimum absolute atomic E-state index is 0.0937. The van der Waals surface area contributed by atoms with Gasteiger partial charge in [-0.05, 0) is 24.3 Å². The van der Waals surface area contributed by atoms with E-state index in [0.717, 1.165) is 23.1 Å². The summed E-state index contributed by atoms with van der Waals surface area (Å²) in [4.78, 5) is 22.3. The Balaban J connectivity index is 1.87. The SMILES string of the molecule is NC(=O)CSc1nnc(NC(=O)Nc2ccc(F)cc2)s1. The van der Waals surface area contributed by atoms with Crippen molar-refractivity contribution in [1.82, 2.24) is 10.2 Å². The van der Waals surface area contributed by atoms with E-state index in [1.165, 1.54) is 24.3 Å². The van der Waals surface area contributed by atoms with Crippen LogP contribution in [0.25, 0.3) is 0 Å². The van der Waals surface area contributed by atoms with Gasteiger partial charge in [-0.15, -0.1) is 10.2 Å². The van der Waals surface area contributed by atoms with Crippen molar-refractivity contribution in [3.8, 4) is 0 Å². The van der Waals surface area contributed by atoms with E-state index in [-0.39, 0.29) is 16.7 Å². The van der Waals surface area contributed by atoms with Gasteiger partial charge in [0.15, 0.2) is 4.34 Å². The highest BCUT2D eigenvalue weighted by atomic mass is 32.2. The van der Waals surface area contributed by atoms with Crippen LogP contribution in [0.2, 0.25) is 0 Å². The van der Waals surface area contributed by atoms with E-state index in [9.17, 15) is 14.0 Å². The van der Waals surface area contributed by atoms with Crippen molar-refractivity contribution in [2.24, 2.45) is 5.73 Å². The molecule has 4 N–H and O–H groups in total. The summed E-state index contributed by atoms with van der Waals surface area (Å²) < 4.78 is 13.2. The minimum atomic E-state index is -0.524. The summed E-state index contributed by atoms with van der Waals surface area (Å²) >= 11 is 2.26. The lowest BCUT2D eigenvalue weighted by Gasteiger charge is -2.04. The molecule has 1 heterocycles. The van der Waals surface area contributed by atoms with Crippen molar-refractivity contribution < 1.29 is 14.0 Å². The topological polar surface area (TPSA) is 110 Å². The van der Waals surface area contributed by atoms with Gasteiger partial charge in [0.25, 0.3) is 0 Å². The van der Waals surface area contributed by atoms with Crippen molar-refractivity contribution in [2.45, 2.75) is 4.34 Å². The second-order valence-electron chi connectivity index (χ2n) is 3.71. The third-order valence-corrected chi connectivity index (χ3v) is 4.06. The summed E-state index contributed by atoms with van der Waals surface area (Å²) in [6.07, 6.45) is 0. The van der Waals surface area contributed by atoms with Crippen molar-refractivity contribution >= 4 is 45.9 Å². The fourth-order valence-corrected chi connectivity index (χ4v) is 2.73. The number of rotatable bonds is 5. The van der Waals surface area contributed by atoms with Gasteiger partial charge in [-0.2, -0.15) is 0 Å². The molecule has 0 atom stereocenters. The van der Waals surface area contributed by atoms with Gasteiger partial charge in [-0.1, -0.05) is 23.1 Å². The predicted molar refractivity (Wildman–Crippen MR) is 78.9 cm³/mol. The highest BCUT2D eigenvalue weighted by Crippen LogP contribution is 2.25. The number of aromatic nitrogens is 2. The number of nitrogens with two attached hydrogens (primary N) is 1. The molecule has 3 amide bonds. The molecule has 110 valence electrons. The van der Waals surface area contributed by atoms with Crippen molar-refractivity contribution in [1.29, 1.82) is 0 Å². The zero-order valence-corrected chi connectivity index (χ0v) is 12.1. The van der Waals surface area contributed by atoms with Crippen molar-refractivity contribution in [2.75, 3.05) is 16.4 Å². The van der Waals surface area contributed by atoms with Gasteiger partial charge in [0.05, 0.1) is 5.75 Å². The van der Waals surface area contributed by atoms with E-state index in [0.29, 0.717) is 10.0 Å². The fraction of sp³-hybridized carbons (Fsp3) is 0.0909. The molecule has 0 radical (unpaired) electrons. The zero-order valence-electron chi connectivity index (χ0n) is 10.5. The third-order valence-electron chi connectivity index (χ3n) is 2.07. The zero-order chi connectivity index (χ0) is 15.2. The number of halogens is 1. The first-order valence-corrected chi connectivity index (χ1v) is 7.41. The average Bonchev–Trinajstić information content (AvgIpc) is 2.86. The van der Waals surface area contributed by atoms with Crippen LogP contribution in [0.4, 0.5) is 20.0 Å². The number of nitrogens with zero attached hydrogens (tertiary/aromatic N) is 2. The summed E-state index contributed by atoms with van der Waals surface area (Å²) in [6, 6.07) is 4.81. The maximum Gasteiger partial charge on any atom is 0.325 e. The second-order valence-corrected chi connectivity index (χ2v) is 5.91. The molecule has 1 aromatic carbocycles. The van der Waals surface area contributed by atoms with Crippen LogP contribution in [0.3, 0.4) is 0 Å². The average molecular weight is 327 g/mol. The monoisotopic (exact) mass is 327 g/mol. The first-order chi connectivity index (χ1) is 10.0. The lowest BCUT2D eigenvalue weighted by Crippen LogP contribution is -2.19. The van der Waals surface area contributed by atoms with Gasteiger partial charge < -0.3 is 11.1 Å². The standard InChI is InChI=1S/C11H10FN5O2S2/c12-6-1-3-7(4-2-6)14-9(19)15-10-16-17-11(21-10)20-5-8(13)18/h1-4H,5H2,(H2,13,18)(H2,14,15,16,19). The molecule has 0 saturated heterocycles. The van der Waals surface area contributed by atoms with Gasteiger partial charge >= 0.3 is 6.03 Å². The molecule has 0 fully saturated rings. The summed E-state index contributed by atoms with van der Waals surface area (Å²) in [5, 5.41) is 12.8. The number of carbonyl (C=O) groups excluding carboxylic acids is 2. The number of thioether (sulfide) groups is 1. The molecule has 0 spiro atoms. The van der Waals surface area contributed by atoms with Crippen molar-refractivity contribution in [3.05, 3.63) is 30.1 Å². The lowest BCUT2D eigenvalue weighted by atomic mass is 10.3. The van der Waals surface area contributed by atoms with Crippen LogP contribution >= 0.6 is 23.1 Å². The Kier molecular flexibility index (Phi) is 5.06. The Morgan fingerprint density at radius 1 is 1.24 bits per heavy atom.